The van der Waals surface area contributed by atoms with Crippen molar-refractivity contribution >= 4 is 29.0 Å². The van der Waals surface area contributed by atoms with Crippen molar-refractivity contribution in [3.8, 4) is 0 Å². The van der Waals surface area contributed by atoms with Gasteiger partial charge in [-0.25, -0.2) is 4.98 Å². The van der Waals surface area contributed by atoms with Crippen LogP contribution in [0.25, 0.3) is 5.65 Å². The molecule has 0 saturated heterocycles. The lowest BCUT2D eigenvalue weighted by Gasteiger charge is -2.07. The average molecular weight is 345 g/mol. The van der Waals surface area contributed by atoms with E-state index in [0.29, 0.717) is 16.4 Å². The van der Waals surface area contributed by atoms with Crippen LogP contribution < -0.4 is 5.56 Å². The quantitative estimate of drug-likeness (QED) is 0.703. The molecule has 3 rings (SSSR count). The molecule has 3 aromatic rings. The van der Waals surface area contributed by atoms with E-state index in [1.807, 2.05) is 0 Å². The molecule has 0 bridgehead atoms. The van der Waals surface area contributed by atoms with Crippen LogP contribution in [-0.2, 0) is 11.5 Å². The summed E-state index contributed by atoms with van der Waals surface area (Å²) in [5.41, 5.74) is 5.23. The number of hydrogen-bond donors (Lipinski definition) is 0. The zero-order chi connectivity index (χ0) is 16.4. The smallest absolute Gasteiger partial charge is 0.258 e. The third kappa shape index (κ3) is 3.77. The minimum Gasteiger partial charge on any atom is -0.269 e. The van der Waals surface area contributed by atoms with E-state index in [1.165, 1.54) is 21.1 Å². The molecule has 2 heterocycles. The van der Waals surface area contributed by atoms with Gasteiger partial charge >= 0.3 is 0 Å². The average Bonchev–Trinajstić information content (AvgIpc) is 2.51. The Kier molecular flexibility index (Phi) is 4.74. The van der Waals surface area contributed by atoms with Crippen LogP contribution in [0.2, 0.25) is 5.02 Å². The monoisotopic (exact) mass is 344 g/mol. The Bertz CT molecular complexity index is 921. The number of hydrogen-bond acceptors (Lipinski definition) is 3. The molecule has 118 valence electrons. The van der Waals surface area contributed by atoms with Gasteiger partial charge in [0.1, 0.15) is 5.65 Å². The Morgan fingerprint density at radius 1 is 1.13 bits per heavy atom. The van der Waals surface area contributed by atoms with Gasteiger partial charge < -0.3 is 0 Å². The number of rotatable bonds is 4. The zero-order valence-electron chi connectivity index (χ0n) is 13.0. The number of aromatic nitrogens is 2. The van der Waals surface area contributed by atoms with E-state index in [-0.39, 0.29) is 5.56 Å². The number of fused-ring (bicyclic) bond motifs is 1. The van der Waals surface area contributed by atoms with Gasteiger partial charge in [-0.05, 0) is 37.1 Å². The SMILES string of the molecule is Cc1ccc(C)c(CSCc2cc(=O)n3cc(Cl)ccc3n2)c1. The minimum absolute atomic E-state index is 0.0974. The zero-order valence-corrected chi connectivity index (χ0v) is 14.6. The molecule has 0 unspecified atom stereocenters. The van der Waals surface area contributed by atoms with E-state index in [0.717, 1.165) is 11.4 Å². The molecule has 0 amide bonds. The summed E-state index contributed by atoms with van der Waals surface area (Å²) in [5.74, 6) is 1.62. The molecule has 0 N–H and O–H groups in total. The van der Waals surface area contributed by atoms with E-state index in [2.05, 4.69) is 37.0 Å². The second-order valence-electron chi connectivity index (χ2n) is 5.58. The number of nitrogens with zero attached hydrogens (tertiary/aromatic N) is 2. The molecule has 0 aliphatic carbocycles. The highest BCUT2D eigenvalue weighted by Gasteiger charge is 2.05. The Morgan fingerprint density at radius 2 is 1.96 bits per heavy atom. The summed E-state index contributed by atoms with van der Waals surface area (Å²) in [7, 11) is 0. The Labute approximate surface area is 144 Å². The molecule has 1 aromatic carbocycles. The number of benzene rings is 1. The van der Waals surface area contributed by atoms with Crippen molar-refractivity contribution in [2.24, 2.45) is 0 Å². The maximum absolute atomic E-state index is 12.1. The molecule has 0 radical (unpaired) electrons. The second kappa shape index (κ2) is 6.77. The second-order valence-corrected chi connectivity index (χ2v) is 7.01. The van der Waals surface area contributed by atoms with Gasteiger partial charge in [0.15, 0.2) is 0 Å². The van der Waals surface area contributed by atoms with Crippen LogP contribution in [0.4, 0.5) is 0 Å². The summed E-state index contributed by atoms with van der Waals surface area (Å²) in [6.07, 6.45) is 1.60. The summed E-state index contributed by atoms with van der Waals surface area (Å²) in [6, 6.07) is 11.6. The summed E-state index contributed by atoms with van der Waals surface area (Å²) >= 11 is 7.68. The molecule has 0 aliphatic heterocycles. The number of pyridine rings is 1. The van der Waals surface area contributed by atoms with E-state index in [9.17, 15) is 4.79 Å². The van der Waals surface area contributed by atoms with E-state index < -0.39 is 0 Å². The summed E-state index contributed by atoms with van der Waals surface area (Å²) in [4.78, 5) is 16.7. The fraction of sp³-hybridized carbons (Fsp3) is 0.222. The van der Waals surface area contributed by atoms with Gasteiger partial charge in [-0.1, -0.05) is 35.4 Å². The Balaban J connectivity index is 1.76. The van der Waals surface area contributed by atoms with Gasteiger partial charge in [0.2, 0.25) is 0 Å². The normalized spacial score (nSPS) is 11.1. The van der Waals surface area contributed by atoms with Crippen molar-refractivity contribution < 1.29 is 0 Å². The van der Waals surface area contributed by atoms with Crippen LogP contribution in [0.3, 0.4) is 0 Å². The third-order valence-corrected chi connectivity index (χ3v) is 4.93. The minimum atomic E-state index is -0.0974. The van der Waals surface area contributed by atoms with Crippen molar-refractivity contribution in [3.63, 3.8) is 0 Å². The van der Waals surface area contributed by atoms with Gasteiger partial charge in [0.25, 0.3) is 5.56 Å². The van der Waals surface area contributed by atoms with Gasteiger partial charge in [-0.15, -0.1) is 0 Å². The molecule has 2 aromatic heterocycles. The summed E-state index contributed by atoms with van der Waals surface area (Å²) < 4.78 is 1.47. The van der Waals surface area contributed by atoms with Crippen LogP contribution in [0, 0.1) is 13.8 Å². The lowest BCUT2D eigenvalue weighted by molar-refractivity contribution is 1.01. The van der Waals surface area contributed by atoms with Crippen molar-refractivity contribution in [3.05, 3.63) is 80.4 Å². The lowest BCUT2D eigenvalue weighted by atomic mass is 10.1. The first-order chi connectivity index (χ1) is 11.0. The predicted octanol–water partition coefficient (Wildman–Crippen LogP) is 4.40. The van der Waals surface area contributed by atoms with Crippen LogP contribution in [0.1, 0.15) is 22.4 Å². The molecule has 0 saturated carbocycles. The third-order valence-electron chi connectivity index (χ3n) is 3.69. The van der Waals surface area contributed by atoms with Crippen molar-refractivity contribution in [2.45, 2.75) is 25.4 Å². The van der Waals surface area contributed by atoms with Crippen molar-refractivity contribution in [1.82, 2.24) is 9.38 Å². The van der Waals surface area contributed by atoms with Crippen LogP contribution in [0.5, 0.6) is 0 Å². The lowest BCUT2D eigenvalue weighted by Crippen LogP contribution is -2.15. The van der Waals surface area contributed by atoms with Crippen molar-refractivity contribution in [2.75, 3.05) is 0 Å². The fourth-order valence-electron chi connectivity index (χ4n) is 2.42. The molecule has 0 atom stereocenters. The number of aryl methyl sites for hydroxylation is 2. The highest BCUT2D eigenvalue weighted by atomic mass is 35.5. The van der Waals surface area contributed by atoms with Crippen LogP contribution in [0.15, 0.2) is 47.4 Å². The molecular formula is C18H17ClN2OS. The predicted molar refractivity (Wildman–Crippen MR) is 97.4 cm³/mol. The Hall–Kier alpha value is -1.78. The number of thioether (sulfide) groups is 1. The first kappa shape index (κ1) is 16.1. The molecule has 0 fully saturated rings. The van der Waals surface area contributed by atoms with Gasteiger partial charge in [-0.2, -0.15) is 11.8 Å². The topological polar surface area (TPSA) is 34.4 Å². The molecule has 5 heteroatoms. The van der Waals surface area contributed by atoms with Crippen molar-refractivity contribution in [1.29, 1.82) is 0 Å². The molecule has 23 heavy (non-hydrogen) atoms. The number of halogens is 1. The van der Waals surface area contributed by atoms with Gasteiger partial charge in [0, 0.05) is 23.8 Å². The van der Waals surface area contributed by atoms with Crippen LogP contribution >= 0.6 is 23.4 Å². The maximum Gasteiger partial charge on any atom is 0.258 e. The molecule has 0 spiro atoms. The maximum atomic E-state index is 12.1. The standard InChI is InChI=1S/C18H17ClN2OS/c1-12-3-4-13(2)14(7-12)10-23-11-16-8-18(22)21-9-15(19)5-6-17(21)20-16/h3-9H,10-11H2,1-2H3. The highest BCUT2D eigenvalue weighted by Crippen LogP contribution is 2.20. The van der Waals surface area contributed by atoms with Gasteiger partial charge in [-0.3, -0.25) is 9.20 Å². The first-order valence-electron chi connectivity index (χ1n) is 7.34. The van der Waals surface area contributed by atoms with Crippen LogP contribution in [-0.4, -0.2) is 9.38 Å². The summed E-state index contributed by atoms with van der Waals surface area (Å²) in [5, 5.41) is 0.526. The molecular weight excluding hydrogens is 328 g/mol. The van der Waals surface area contributed by atoms with E-state index >= 15 is 0 Å². The fourth-order valence-corrected chi connectivity index (χ4v) is 3.57. The molecule has 3 nitrogen and oxygen atoms in total. The van der Waals surface area contributed by atoms with Gasteiger partial charge in [0.05, 0.1) is 10.7 Å². The van der Waals surface area contributed by atoms with E-state index in [4.69, 9.17) is 11.6 Å². The molecule has 0 aliphatic rings. The highest BCUT2D eigenvalue weighted by molar-refractivity contribution is 7.97. The first-order valence-corrected chi connectivity index (χ1v) is 8.88. The largest absolute Gasteiger partial charge is 0.269 e. The summed E-state index contributed by atoms with van der Waals surface area (Å²) in [6.45, 7) is 4.23. The Morgan fingerprint density at radius 3 is 2.78 bits per heavy atom. The van der Waals surface area contributed by atoms with E-state index in [1.54, 1.807) is 36.2 Å².